The summed E-state index contributed by atoms with van der Waals surface area (Å²) >= 11 is 0. The van der Waals surface area contributed by atoms with E-state index >= 15 is 0 Å². The fourth-order valence-electron chi connectivity index (χ4n) is 1.12. The van der Waals surface area contributed by atoms with Crippen molar-refractivity contribution in [2.45, 2.75) is 26.7 Å². The number of methoxy groups -OCH3 is 1. The molecule has 0 fully saturated rings. The molecule has 0 bridgehead atoms. The van der Waals surface area contributed by atoms with Crippen LogP contribution >= 0.6 is 0 Å². The average molecular weight is 187 g/mol. The number of nitrogens with one attached hydrogen (secondary N) is 1. The molecule has 0 heterocycles. The highest BCUT2D eigenvalue weighted by molar-refractivity contribution is 5.85. The summed E-state index contributed by atoms with van der Waals surface area (Å²) < 4.78 is 4.35. The van der Waals surface area contributed by atoms with E-state index in [1.807, 2.05) is 13.8 Å². The van der Waals surface area contributed by atoms with Gasteiger partial charge in [0.25, 0.3) is 0 Å². The first kappa shape index (κ1) is 11.9. The SMILES string of the molecule is CCC(CC)C(=O)CNC(=O)OC. The van der Waals surface area contributed by atoms with E-state index < -0.39 is 6.09 Å². The Morgan fingerprint density at radius 1 is 1.31 bits per heavy atom. The van der Waals surface area contributed by atoms with E-state index in [9.17, 15) is 9.59 Å². The molecule has 76 valence electrons. The Morgan fingerprint density at radius 2 is 1.85 bits per heavy atom. The first-order chi connectivity index (χ1) is 6.15. The summed E-state index contributed by atoms with van der Waals surface area (Å²) in [5, 5.41) is 2.37. The van der Waals surface area contributed by atoms with Crippen LogP contribution < -0.4 is 5.32 Å². The Morgan fingerprint density at radius 3 is 2.23 bits per heavy atom. The molecule has 4 heteroatoms. The van der Waals surface area contributed by atoms with Crippen molar-refractivity contribution < 1.29 is 14.3 Å². The standard InChI is InChI=1S/C9H17NO3/c1-4-7(5-2)8(11)6-10-9(12)13-3/h7H,4-6H2,1-3H3,(H,10,12). The van der Waals surface area contributed by atoms with E-state index in [4.69, 9.17) is 0 Å². The molecule has 0 aromatic rings. The normalized spacial score (nSPS) is 9.85. The van der Waals surface area contributed by atoms with Crippen molar-refractivity contribution in [3.8, 4) is 0 Å². The molecule has 0 rings (SSSR count). The highest BCUT2D eigenvalue weighted by Crippen LogP contribution is 2.07. The summed E-state index contributed by atoms with van der Waals surface area (Å²) in [4.78, 5) is 22.0. The van der Waals surface area contributed by atoms with Crippen molar-refractivity contribution in [2.75, 3.05) is 13.7 Å². The number of hydrogen-bond donors (Lipinski definition) is 1. The van der Waals surface area contributed by atoms with Gasteiger partial charge in [0.15, 0.2) is 5.78 Å². The highest BCUT2D eigenvalue weighted by Gasteiger charge is 2.14. The van der Waals surface area contributed by atoms with Crippen LogP contribution in [0.4, 0.5) is 4.79 Å². The molecule has 0 saturated carbocycles. The Bertz CT molecular complexity index is 176. The molecule has 0 radical (unpaired) electrons. The number of hydrogen-bond acceptors (Lipinski definition) is 3. The summed E-state index contributed by atoms with van der Waals surface area (Å²) in [6.45, 7) is 3.99. The predicted molar refractivity (Wildman–Crippen MR) is 49.5 cm³/mol. The lowest BCUT2D eigenvalue weighted by Crippen LogP contribution is -2.32. The quantitative estimate of drug-likeness (QED) is 0.706. The zero-order valence-electron chi connectivity index (χ0n) is 8.42. The van der Waals surface area contributed by atoms with Gasteiger partial charge in [0.05, 0.1) is 13.7 Å². The Balaban J connectivity index is 3.79. The second-order valence-electron chi connectivity index (χ2n) is 2.82. The molecule has 4 nitrogen and oxygen atoms in total. The second-order valence-corrected chi connectivity index (χ2v) is 2.82. The largest absolute Gasteiger partial charge is 0.453 e. The summed E-state index contributed by atoms with van der Waals surface area (Å²) in [5.74, 6) is 0.118. The molecule has 0 spiro atoms. The maximum Gasteiger partial charge on any atom is 0.407 e. The summed E-state index contributed by atoms with van der Waals surface area (Å²) in [6.07, 6.45) is 1.08. The van der Waals surface area contributed by atoms with Crippen molar-refractivity contribution in [3.63, 3.8) is 0 Å². The second kappa shape index (κ2) is 6.46. The first-order valence-electron chi connectivity index (χ1n) is 4.50. The van der Waals surface area contributed by atoms with Crippen LogP contribution in [-0.2, 0) is 9.53 Å². The van der Waals surface area contributed by atoms with E-state index in [0.717, 1.165) is 12.8 Å². The van der Waals surface area contributed by atoms with E-state index in [1.54, 1.807) is 0 Å². The molecule has 0 saturated heterocycles. The van der Waals surface area contributed by atoms with Gasteiger partial charge in [-0.15, -0.1) is 0 Å². The molecule has 0 atom stereocenters. The third-order valence-electron chi connectivity index (χ3n) is 2.03. The van der Waals surface area contributed by atoms with E-state index in [0.29, 0.717) is 0 Å². The number of rotatable bonds is 5. The van der Waals surface area contributed by atoms with Gasteiger partial charge in [0.2, 0.25) is 0 Å². The molecule has 0 aliphatic carbocycles. The van der Waals surface area contributed by atoms with Crippen LogP contribution in [-0.4, -0.2) is 25.5 Å². The minimum Gasteiger partial charge on any atom is -0.453 e. The Kier molecular flexibility index (Phi) is 5.93. The number of amides is 1. The van der Waals surface area contributed by atoms with Crippen molar-refractivity contribution >= 4 is 11.9 Å². The lowest BCUT2D eigenvalue weighted by Gasteiger charge is -2.10. The van der Waals surface area contributed by atoms with Gasteiger partial charge in [-0.25, -0.2) is 4.79 Å². The molecular formula is C9H17NO3. The Hall–Kier alpha value is -1.06. The zero-order valence-corrected chi connectivity index (χ0v) is 8.42. The third-order valence-corrected chi connectivity index (χ3v) is 2.03. The third kappa shape index (κ3) is 4.50. The van der Waals surface area contributed by atoms with Crippen LogP contribution in [0.2, 0.25) is 0 Å². The molecule has 1 amide bonds. The smallest absolute Gasteiger partial charge is 0.407 e. The zero-order chi connectivity index (χ0) is 10.3. The van der Waals surface area contributed by atoms with Crippen LogP contribution in [0.1, 0.15) is 26.7 Å². The summed E-state index contributed by atoms with van der Waals surface area (Å²) in [7, 11) is 1.27. The molecular weight excluding hydrogens is 170 g/mol. The van der Waals surface area contributed by atoms with Crippen LogP contribution in [0.5, 0.6) is 0 Å². The van der Waals surface area contributed by atoms with Crippen LogP contribution in [0.3, 0.4) is 0 Å². The van der Waals surface area contributed by atoms with Crippen molar-refractivity contribution in [1.29, 1.82) is 0 Å². The number of alkyl carbamates (subject to hydrolysis) is 1. The number of ketones is 1. The lowest BCUT2D eigenvalue weighted by atomic mass is 9.98. The first-order valence-corrected chi connectivity index (χ1v) is 4.50. The van der Waals surface area contributed by atoms with Gasteiger partial charge in [-0.05, 0) is 12.8 Å². The van der Waals surface area contributed by atoms with Gasteiger partial charge < -0.3 is 10.1 Å². The number of Topliss-reactive ketones (excluding diaryl/α,β-unsaturated/α-hetero) is 1. The van der Waals surface area contributed by atoms with E-state index in [1.165, 1.54) is 7.11 Å². The van der Waals surface area contributed by atoms with Crippen LogP contribution in [0.25, 0.3) is 0 Å². The molecule has 0 unspecified atom stereocenters. The van der Waals surface area contributed by atoms with Gasteiger partial charge in [-0.1, -0.05) is 13.8 Å². The maximum absolute atomic E-state index is 11.4. The van der Waals surface area contributed by atoms with Crippen molar-refractivity contribution in [1.82, 2.24) is 5.32 Å². The van der Waals surface area contributed by atoms with Crippen molar-refractivity contribution in [3.05, 3.63) is 0 Å². The van der Waals surface area contributed by atoms with Crippen LogP contribution in [0.15, 0.2) is 0 Å². The average Bonchev–Trinajstić information content (AvgIpc) is 2.16. The van der Waals surface area contributed by atoms with Gasteiger partial charge in [0.1, 0.15) is 0 Å². The van der Waals surface area contributed by atoms with Gasteiger partial charge in [0, 0.05) is 5.92 Å². The maximum atomic E-state index is 11.4. The fourth-order valence-corrected chi connectivity index (χ4v) is 1.12. The fraction of sp³-hybridized carbons (Fsp3) is 0.778. The number of carbonyl (C=O) groups is 2. The molecule has 0 aliphatic rings. The molecule has 0 aliphatic heterocycles. The molecule has 0 aromatic heterocycles. The van der Waals surface area contributed by atoms with Gasteiger partial charge in [-0.3, -0.25) is 4.79 Å². The molecule has 1 N–H and O–H groups in total. The van der Waals surface area contributed by atoms with Crippen molar-refractivity contribution in [2.24, 2.45) is 5.92 Å². The van der Waals surface area contributed by atoms with Gasteiger partial charge >= 0.3 is 6.09 Å². The summed E-state index contributed by atoms with van der Waals surface area (Å²) in [6, 6.07) is 0. The molecule has 0 aromatic carbocycles. The highest BCUT2D eigenvalue weighted by atomic mass is 16.5. The molecule has 13 heavy (non-hydrogen) atoms. The van der Waals surface area contributed by atoms with E-state index in [-0.39, 0.29) is 18.2 Å². The number of ether oxygens (including phenoxy) is 1. The van der Waals surface area contributed by atoms with Gasteiger partial charge in [-0.2, -0.15) is 0 Å². The number of carbonyl (C=O) groups excluding carboxylic acids is 2. The van der Waals surface area contributed by atoms with Crippen LogP contribution in [0, 0.1) is 5.92 Å². The minimum atomic E-state index is -0.556. The topological polar surface area (TPSA) is 55.4 Å². The Labute approximate surface area is 78.6 Å². The minimum absolute atomic E-state index is 0.0529. The predicted octanol–water partition coefficient (Wildman–Crippen LogP) is 1.35. The van der Waals surface area contributed by atoms with E-state index in [2.05, 4.69) is 10.1 Å². The monoisotopic (exact) mass is 187 g/mol. The summed E-state index contributed by atoms with van der Waals surface area (Å²) in [5.41, 5.74) is 0. The lowest BCUT2D eigenvalue weighted by molar-refractivity contribution is -0.122.